The van der Waals surface area contributed by atoms with E-state index >= 15 is 0 Å². The highest BCUT2D eigenvalue weighted by atomic mass is 32.5. The van der Waals surface area contributed by atoms with E-state index in [4.69, 9.17) is 55.8 Å². The molecule has 1 amide bonds. The molecule has 76 heavy (non-hydrogen) atoms. The molecule has 12 N–H and O–H groups in total. The Morgan fingerprint density at radius 3 is 2.20 bits per heavy atom. The van der Waals surface area contributed by atoms with Gasteiger partial charge in [-0.25, -0.2) is 37.8 Å². The number of hydrogen-bond acceptors (Lipinski definition) is 27. The number of carbonyl (C=O) groups is 1. The maximum absolute atomic E-state index is 14.2. The molecule has 3 aliphatic rings. The Bertz CT molecular complexity index is 3400. The number of amides is 1. The number of H-pyrrole nitrogens is 2. The summed E-state index contributed by atoms with van der Waals surface area (Å²) >= 11 is 4.91. The highest BCUT2D eigenvalue weighted by molar-refractivity contribution is 8.08. The SMILES string of the molecule is CO[C@@H]1[C@H](P(=O)([O-])OC[C@H]2O[C@@H](n3ccc(=O)[nH]c3=O)[C@H](O)[C@@H]2O)[C@@H](COP(=O)(O)OP(=O)(O)OP(O)(=S)OC[C@H]2OC(n3c[n+](C)c4c(=O)[nH]c(N)nc43)[C@H](O)[C@@H]2CC(=O)N(C)C)O[C@H]1n1cnc2c(N)ncnc21. The first-order chi connectivity index (χ1) is 35.5. The normalized spacial score (nSPS) is 30.0. The van der Waals surface area contributed by atoms with Gasteiger partial charge in [-0.05, 0) is 11.8 Å². The molecule has 418 valence electrons. The van der Waals surface area contributed by atoms with Crippen molar-refractivity contribution in [2.24, 2.45) is 13.0 Å². The number of aryl methyl sites for hydroxylation is 1. The minimum atomic E-state index is -6.05. The first kappa shape index (κ1) is 57.5. The Balaban J connectivity index is 0.969. The van der Waals surface area contributed by atoms with E-state index in [9.17, 15) is 67.8 Å². The number of nitrogen functional groups attached to an aromatic ring is 2. The minimum Gasteiger partial charge on any atom is -0.778 e. The zero-order valence-corrected chi connectivity index (χ0v) is 44.0. The second kappa shape index (κ2) is 21.9. The molecule has 16 atom stereocenters. The smallest absolute Gasteiger partial charge is 0.488 e. The second-order valence-electron chi connectivity index (χ2n) is 17.4. The topological polar surface area (TPSA) is 504 Å². The summed E-state index contributed by atoms with van der Waals surface area (Å²) in [5, 5.41) is 33.0. The predicted molar refractivity (Wildman–Crippen MR) is 252 cm³/mol. The van der Waals surface area contributed by atoms with Crippen molar-refractivity contribution in [3.8, 4) is 0 Å². The third kappa shape index (κ3) is 11.8. The minimum absolute atomic E-state index is 0.0181. The van der Waals surface area contributed by atoms with Crippen molar-refractivity contribution in [2.45, 2.75) is 73.5 Å². The molecule has 3 fully saturated rings. The van der Waals surface area contributed by atoms with Crippen molar-refractivity contribution < 1.29 is 99.1 Å². The summed E-state index contributed by atoms with van der Waals surface area (Å²) in [6, 6.07) is 0.921. The summed E-state index contributed by atoms with van der Waals surface area (Å²) < 4.78 is 93.1. The molecule has 0 radical (unpaired) electrons. The molecule has 8 heterocycles. The third-order valence-corrected chi connectivity index (χ3v) is 19.2. The summed E-state index contributed by atoms with van der Waals surface area (Å²) in [6.07, 6.45) is -12.4. The summed E-state index contributed by atoms with van der Waals surface area (Å²) in [5.41, 5.74) is 7.16. The van der Waals surface area contributed by atoms with Gasteiger partial charge in [0.2, 0.25) is 24.4 Å². The molecule has 5 aromatic heterocycles. The molecular weight excluding hydrogens is 1130 g/mol. The van der Waals surface area contributed by atoms with Crippen molar-refractivity contribution in [3.05, 3.63) is 62.4 Å². The third-order valence-electron chi connectivity index (χ3n) is 12.2. The van der Waals surface area contributed by atoms with E-state index in [1.165, 1.54) is 41.5 Å². The van der Waals surface area contributed by atoms with Crippen LogP contribution in [0.15, 0.2) is 45.6 Å². The quantitative estimate of drug-likeness (QED) is 0.0259. The molecule has 0 saturated carbocycles. The fourth-order valence-corrected chi connectivity index (χ4v) is 14.9. The van der Waals surface area contributed by atoms with Crippen LogP contribution in [0.5, 0.6) is 0 Å². The van der Waals surface area contributed by atoms with Crippen LogP contribution in [0.1, 0.15) is 25.1 Å². The van der Waals surface area contributed by atoms with E-state index in [0.29, 0.717) is 0 Å². The van der Waals surface area contributed by atoms with Crippen LogP contribution < -0.4 is 37.7 Å². The molecule has 0 aromatic carbocycles. The number of aromatic amines is 2. The van der Waals surface area contributed by atoms with Crippen LogP contribution in [0.2, 0.25) is 0 Å². The van der Waals surface area contributed by atoms with Crippen LogP contribution in [0.4, 0.5) is 11.8 Å². The molecule has 3 aliphatic heterocycles. The molecule has 5 unspecified atom stereocenters. The number of carbonyl (C=O) groups excluding carboxylic acids is 1. The highest BCUT2D eigenvalue weighted by Gasteiger charge is 2.55. The number of aliphatic hydroxyl groups excluding tert-OH is 3. The van der Waals surface area contributed by atoms with Crippen LogP contribution in [0.25, 0.3) is 22.3 Å². The number of aliphatic hydroxyl groups is 3. The van der Waals surface area contributed by atoms with Crippen LogP contribution in [0, 0.1) is 5.92 Å². The molecule has 3 saturated heterocycles. The number of anilines is 2. The standard InChI is InChI=1S/C35H49N13O23P4S/c1-44(2)19(50)7-14-15(67-31(22(14)51)48-13-45(3)21-29(48)42-34(37)43-30(21)54)8-66-75(62,76)71-74(60,61)70-73(58,59)65-10-17-26(25(63-4)33(69-17)47-12-40-20-27(36)38-11-39-28(20)47)72(56,57)64-9-16-23(52)24(53)32(68-16)46-6-5-18(49)41-35(46)55/h5-6,11-17,22-26,31-33,51-53H,7-10H2,1-4H3,(H9-,36,37,38,39,41,42,43,49,54,55,56,57,58,59,60,61,62,76)/t14-,15-,16-,17-,22-,23-,24-,25-,26-,31?,32-,33-,75?/m1/s1. The lowest BCUT2D eigenvalue weighted by molar-refractivity contribution is -0.646. The Labute approximate surface area is 429 Å². The molecule has 0 bridgehead atoms. The zero-order valence-electron chi connectivity index (χ0n) is 39.6. The van der Waals surface area contributed by atoms with E-state index in [0.717, 1.165) is 41.2 Å². The molecule has 8 rings (SSSR count). The van der Waals surface area contributed by atoms with E-state index in [1.807, 2.05) is 4.98 Å². The van der Waals surface area contributed by atoms with Crippen LogP contribution >= 0.6 is 30.0 Å². The van der Waals surface area contributed by atoms with E-state index in [1.54, 1.807) is 0 Å². The van der Waals surface area contributed by atoms with Gasteiger partial charge in [0.1, 0.15) is 50.0 Å². The molecule has 41 heteroatoms. The molecular formula is C35H49N13O23P4S. The Kier molecular flexibility index (Phi) is 16.6. The average Bonchev–Trinajstić information content (AvgIpc) is 4.13. The number of fused-ring (bicyclic) bond motifs is 2. The number of imidazole rings is 2. The number of nitrogens with one attached hydrogen (secondary N) is 2. The van der Waals surface area contributed by atoms with Gasteiger partial charge in [-0.1, -0.05) is 0 Å². The first-order valence-electron chi connectivity index (χ1n) is 21.9. The zero-order chi connectivity index (χ0) is 55.6. The monoisotopic (exact) mass is 1180 g/mol. The Morgan fingerprint density at radius 1 is 0.855 bits per heavy atom. The molecule has 5 aromatic rings. The van der Waals surface area contributed by atoms with Crippen molar-refractivity contribution in [3.63, 3.8) is 0 Å². The molecule has 0 aliphatic carbocycles. The number of phosphoric acid groups is 2. The summed E-state index contributed by atoms with van der Waals surface area (Å²) in [6.45, 7) is -8.28. The number of rotatable bonds is 20. The van der Waals surface area contributed by atoms with Crippen molar-refractivity contribution in [1.29, 1.82) is 0 Å². The summed E-state index contributed by atoms with van der Waals surface area (Å²) in [5.74, 6) is -2.04. The lowest BCUT2D eigenvalue weighted by Gasteiger charge is -2.35. The Morgan fingerprint density at radius 2 is 1.51 bits per heavy atom. The van der Waals surface area contributed by atoms with Crippen LogP contribution in [-0.2, 0) is 78.5 Å². The van der Waals surface area contributed by atoms with Gasteiger partial charge in [0.15, 0.2) is 23.9 Å². The van der Waals surface area contributed by atoms with E-state index in [-0.39, 0.29) is 34.1 Å². The van der Waals surface area contributed by atoms with Crippen LogP contribution in [0.3, 0.4) is 0 Å². The largest absolute Gasteiger partial charge is 0.778 e. The van der Waals surface area contributed by atoms with Gasteiger partial charge in [0.25, 0.3) is 16.7 Å². The summed E-state index contributed by atoms with van der Waals surface area (Å²) in [4.78, 5) is 118. The predicted octanol–water partition coefficient (Wildman–Crippen LogP) is -4.59. The second-order valence-corrected chi connectivity index (χ2v) is 25.3. The number of nitrogens with zero attached hydrogens (tertiary/aromatic N) is 9. The van der Waals surface area contributed by atoms with Gasteiger partial charge < -0.3 is 83.8 Å². The lowest BCUT2D eigenvalue weighted by atomic mass is 9.94. The fourth-order valence-electron chi connectivity index (χ4n) is 8.70. The maximum Gasteiger partial charge on any atom is 0.488 e. The average molecular weight is 1180 g/mol. The van der Waals surface area contributed by atoms with Crippen molar-refractivity contribution >= 4 is 81.8 Å². The summed E-state index contributed by atoms with van der Waals surface area (Å²) in [7, 11) is -12.1. The lowest BCUT2D eigenvalue weighted by Crippen LogP contribution is -2.40. The first-order valence-corrected chi connectivity index (χ1v) is 29.1. The van der Waals surface area contributed by atoms with Gasteiger partial charge in [-0.15, -0.1) is 0 Å². The molecule has 0 spiro atoms. The number of nitrogens with two attached hydrogens (primary N) is 2. The number of methoxy groups -OCH3 is 1. The van der Waals surface area contributed by atoms with Crippen molar-refractivity contribution in [1.82, 2.24) is 48.5 Å². The van der Waals surface area contributed by atoms with E-state index < -0.39 is 152 Å². The fraction of sp³-hybridized carbons (Fsp3) is 0.571. The van der Waals surface area contributed by atoms with Gasteiger partial charge >= 0.3 is 33.6 Å². The van der Waals surface area contributed by atoms with Gasteiger partial charge in [0, 0.05) is 45.8 Å². The highest BCUT2D eigenvalue weighted by Crippen LogP contribution is 2.68. The molecule has 36 nitrogen and oxygen atoms in total. The number of ether oxygens (including phenoxy) is 4. The number of phosphoric ester groups is 1. The maximum atomic E-state index is 14.2. The van der Waals surface area contributed by atoms with Gasteiger partial charge in [-0.3, -0.25) is 38.0 Å². The van der Waals surface area contributed by atoms with E-state index in [2.05, 4.69) is 33.5 Å². The van der Waals surface area contributed by atoms with Gasteiger partial charge in [-0.2, -0.15) is 13.9 Å². The Hall–Kier alpha value is -4.65. The van der Waals surface area contributed by atoms with Gasteiger partial charge in [0.05, 0.1) is 51.1 Å². The number of hydrogen-bond donors (Lipinski definition) is 10. The number of aromatic nitrogens is 10. The van der Waals surface area contributed by atoms with Crippen molar-refractivity contribution in [2.75, 3.05) is 52.5 Å². The van der Waals surface area contributed by atoms with Crippen LogP contribution in [-0.4, -0.2) is 174 Å².